The van der Waals surface area contributed by atoms with E-state index >= 15 is 0 Å². The molecular weight excluding hydrogens is 194 g/mol. The van der Waals surface area contributed by atoms with Crippen LogP contribution in [-0.2, 0) is 0 Å². The molecule has 0 bridgehead atoms. The number of halogens is 2. The fourth-order valence-electron chi connectivity index (χ4n) is 0.951. The highest BCUT2D eigenvalue weighted by atomic mass is 19.1. The number of primary amides is 2. The summed E-state index contributed by atoms with van der Waals surface area (Å²) in [4.78, 5) is 21.1. The summed E-state index contributed by atoms with van der Waals surface area (Å²) >= 11 is 0. The zero-order valence-electron chi connectivity index (χ0n) is 6.88. The molecule has 0 atom stereocenters. The Morgan fingerprint density at radius 3 is 1.71 bits per heavy atom. The summed E-state index contributed by atoms with van der Waals surface area (Å²) in [6, 6.07) is 1.32. The maximum atomic E-state index is 13.0. The van der Waals surface area contributed by atoms with Gasteiger partial charge in [-0.2, -0.15) is 0 Å². The molecule has 6 heteroatoms. The number of carbonyl (C=O) groups excluding carboxylic acids is 2. The van der Waals surface area contributed by atoms with Crippen LogP contribution in [0.15, 0.2) is 12.1 Å². The van der Waals surface area contributed by atoms with Gasteiger partial charge in [-0.1, -0.05) is 0 Å². The van der Waals surface area contributed by atoms with Gasteiger partial charge < -0.3 is 11.5 Å². The van der Waals surface area contributed by atoms with Crippen molar-refractivity contribution in [2.45, 2.75) is 0 Å². The van der Waals surface area contributed by atoms with Crippen LogP contribution < -0.4 is 11.5 Å². The maximum Gasteiger partial charge on any atom is 0.254 e. The zero-order valence-corrected chi connectivity index (χ0v) is 6.88. The lowest BCUT2D eigenvalue weighted by molar-refractivity contribution is 0.0980. The fourth-order valence-corrected chi connectivity index (χ4v) is 0.951. The standard InChI is InChI=1S/C8H6F2N2O2/c9-4-1-3(7(11)13)2-5(10)6(4)8(12)14/h1-2H,(H2,11,13)(H2,12,14). The number of carbonyl (C=O) groups is 2. The molecule has 0 saturated heterocycles. The third-order valence-electron chi connectivity index (χ3n) is 1.57. The first-order valence-electron chi connectivity index (χ1n) is 3.52. The third-order valence-corrected chi connectivity index (χ3v) is 1.57. The van der Waals surface area contributed by atoms with Gasteiger partial charge in [0.1, 0.15) is 17.2 Å². The summed E-state index contributed by atoms with van der Waals surface area (Å²) in [5.41, 5.74) is 8.26. The van der Waals surface area contributed by atoms with E-state index in [0.717, 1.165) is 0 Å². The SMILES string of the molecule is NC(=O)c1cc(F)c(C(N)=O)c(F)c1. The lowest BCUT2D eigenvalue weighted by Crippen LogP contribution is -2.18. The largest absolute Gasteiger partial charge is 0.366 e. The molecule has 4 nitrogen and oxygen atoms in total. The van der Waals surface area contributed by atoms with Gasteiger partial charge in [0.2, 0.25) is 5.91 Å². The highest BCUT2D eigenvalue weighted by Crippen LogP contribution is 2.14. The number of amides is 2. The van der Waals surface area contributed by atoms with Gasteiger partial charge in [0, 0.05) is 5.56 Å². The molecule has 0 saturated carbocycles. The summed E-state index contributed by atoms with van der Waals surface area (Å²) in [6.07, 6.45) is 0. The first-order chi connectivity index (χ1) is 6.43. The fraction of sp³-hybridized carbons (Fsp3) is 0. The zero-order chi connectivity index (χ0) is 10.9. The summed E-state index contributed by atoms with van der Waals surface area (Å²) in [6.45, 7) is 0. The van der Waals surface area contributed by atoms with Gasteiger partial charge in [-0.25, -0.2) is 8.78 Å². The minimum Gasteiger partial charge on any atom is -0.366 e. The number of nitrogens with two attached hydrogens (primary N) is 2. The molecule has 0 aromatic heterocycles. The van der Waals surface area contributed by atoms with Crippen molar-refractivity contribution in [3.05, 3.63) is 34.9 Å². The van der Waals surface area contributed by atoms with E-state index in [0.29, 0.717) is 12.1 Å². The Hall–Kier alpha value is -1.98. The maximum absolute atomic E-state index is 13.0. The predicted molar refractivity (Wildman–Crippen MR) is 43.4 cm³/mol. The van der Waals surface area contributed by atoms with Gasteiger partial charge in [0.25, 0.3) is 5.91 Å². The van der Waals surface area contributed by atoms with Crippen LogP contribution in [0.1, 0.15) is 20.7 Å². The van der Waals surface area contributed by atoms with Crippen molar-refractivity contribution in [1.82, 2.24) is 0 Å². The molecule has 0 heterocycles. The Labute approximate surface area is 77.5 Å². The van der Waals surface area contributed by atoms with Crippen LogP contribution in [0.5, 0.6) is 0 Å². The van der Waals surface area contributed by atoms with Crippen LogP contribution in [0.3, 0.4) is 0 Å². The van der Waals surface area contributed by atoms with Crippen molar-refractivity contribution < 1.29 is 18.4 Å². The number of hydrogen-bond acceptors (Lipinski definition) is 2. The number of benzene rings is 1. The van der Waals surface area contributed by atoms with Gasteiger partial charge in [0.15, 0.2) is 0 Å². The molecule has 0 unspecified atom stereocenters. The summed E-state index contributed by atoms with van der Waals surface area (Å²) in [5.74, 6) is -4.63. The van der Waals surface area contributed by atoms with Crippen molar-refractivity contribution >= 4 is 11.8 Å². The summed E-state index contributed by atoms with van der Waals surface area (Å²) in [5, 5.41) is 0. The first kappa shape index (κ1) is 10.1. The van der Waals surface area contributed by atoms with E-state index in [9.17, 15) is 18.4 Å². The Balaban J connectivity index is 3.39. The molecule has 0 radical (unpaired) electrons. The highest BCUT2D eigenvalue weighted by molar-refractivity contribution is 5.97. The molecule has 0 fully saturated rings. The molecule has 1 aromatic carbocycles. The third kappa shape index (κ3) is 1.68. The molecule has 0 aliphatic carbocycles. The van der Waals surface area contributed by atoms with Crippen molar-refractivity contribution in [2.24, 2.45) is 11.5 Å². The van der Waals surface area contributed by atoms with Crippen LogP contribution in [0.2, 0.25) is 0 Å². The minimum absolute atomic E-state index is 0.356. The van der Waals surface area contributed by atoms with Crippen molar-refractivity contribution in [2.75, 3.05) is 0 Å². The van der Waals surface area contributed by atoms with Gasteiger partial charge in [-0.05, 0) is 12.1 Å². The van der Waals surface area contributed by atoms with Gasteiger partial charge in [-0.15, -0.1) is 0 Å². The van der Waals surface area contributed by atoms with Crippen LogP contribution in [0, 0.1) is 11.6 Å². The smallest absolute Gasteiger partial charge is 0.254 e. The monoisotopic (exact) mass is 200 g/mol. The van der Waals surface area contributed by atoms with Crippen LogP contribution in [0.4, 0.5) is 8.78 Å². The van der Waals surface area contributed by atoms with Crippen LogP contribution in [-0.4, -0.2) is 11.8 Å². The van der Waals surface area contributed by atoms with E-state index < -0.39 is 29.0 Å². The van der Waals surface area contributed by atoms with E-state index in [1.165, 1.54) is 0 Å². The molecule has 4 N–H and O–H groups in total. The average molecular weight is 200 g/mol. The van der Waals surface area contributed by atoms with Crippen LogP contribution in [0.25, 0.3) is 0 Å². The topological polar surface area (TPSA) is 86.2 Å². The predicted octanol–water partition coefficient (Wildman–Crippen LogP) is 0.163. The highest BCUT2D eigenvalue weighted by Gasteiger charge is 2.17. The molecule has 2 amide bonds. The first-order valence-corrected chi connectivity index (χ1v) is 3.52. The normalized spacial score (nSPS) is 9.86. The number of rotatable bonds is 2. The summed E-state index contributed by atoms with van der Waals surface area (Å²) < 4.78 is 25.9. The van der Waals surface area contributed by atoms with E-state index in [2.05, 4.69) is 0 Å². The van der Waals surface area contributed by atoms with Crippen LogP contribution >= 0.6 is 0 Å². The Bertz CT molecular complexity index is 395. The van der Waals surface area contributed by atoms with Gasteiger partial charge in [-0.3, -0.25) is 9.59 Å². The molecular formula is C8H6F2N2O2. The van der Waals surface area contributed by atoms with Crippen molar-refractivity contribution in [1.29, 1.82) is 0 Å². The van der Waals surface area contributed by atoms with E-state index in [4.69, 9.17) is 11.5 Å². The lowest BCUT2D eigenvalue weighted by atomic mass is 10.1. The Kier molecular flexibility index (Phi) is 2.46. The molecule has 1 aromatic rings. The van der Waals surface area contributed by atoms with E-state index in [1.54, 1.807) is 0 Å². The average Bonchev–Trinajstić information content (AvgIpc) is 2.01. The van der Waals surface area contributed by atoms with E-state index in [-0.39, 0.29) is 5.56 Å². The molecule has 14 heavy (non-hydrogen) atoms. The molecule has 0 aliphatic heterocycles. The Morgan fingerprint density at radius 2 is 1.43 bits per heavy atom. The lowest BCUT2D eigenvalue weighted by Gasteiger charge is -2.02. The summed E-state index contributed by atoms with van der Waals surface area (Å²) in [7, 11) is 0. The molecule has 0 spiro atoms. The Morgan fingerprint density at radius 1 is 1.00 bits per heavy atom. The van der Waals surface area contributed by atoms with E-state index in [1.807, 2.05) is 0 Å². The number of hydrogen-bond donors (Lipinski definition) is 2. The van der Waals surface area contributed by atoms with Gasteiger partial charge >= 0.3 is 0 Å². The second-order valence-corrected chi connectivity index (χ2v) is 2.54. The second-order valence-electron chi connectivity index (χ2n) is 2.54. The van der Waals surface area contributed by atoms with Gasteiger partial charge in [0.05, 0.1) is 0 Å². The van der Waals surface area contributed by atoms with Crippen molar-refractivity contribution in [3.63, 3.8) is 0 Å². The minimum atomic E-state index is -1.24. The quantitative estimate of drug-likeness (QED) is 0.712. The molecule has 0 aliphatic rings. The molecule has 74 valence electrons. The van der Waals surface area contributed by atoms with Crippen molar-refractivity contribution in [3.8, 4) is 0 Å². The molecule has 1 rings (SSSR count). The second kappa shape index (κ2) is 3.41.